The molecule has 0 radical (unpaired) electrons. The second kappa shape index (κ2) is 1.49. The molecule has 0 aliphatic carbocycles. The number of rotatable bonds is 0. The Morgan fingerprint density at radius 1 is 1.71 bits per heavy atom. The number of likely N-dealkylation sites (N-methyl/N-ethyl adjacent to an activating group) is 1. The third-order valence-corrected chi connectivity index (χ3v) is 1.13. The zero-order valence-electron chi connectivity index (χ0n) is 4.81. The molecule has 1 heterocycles. The number of hydrogen-bond acceptors (Lipinski definition) is 0. The lowest BCUT2D eigenvalue weighted by Gasteiger charge is -1.77. The van der Waals surface area contributed by atoms with E-state index in [1.807, 2.05) is 0 Å². The molecule has 0 aromatic carbocycles. The van der Waals surface area contributed by atoms with Crippen molar-refractivity contribution < 1.29 is 4.58 Å². The van der Waals surface area contributed by atoms with Crippen molar-refractivity contribution in [2.45, 2.75) is 6.92 Å². The molecule has 0 aromatic heterocycles. The summed E-state index contributed by atoms with van der Waals surface area (Å²) in [6.45, 7) is 3.20. The quantitative estimate of drug-likeness (QED) is 0.390. The lowest BCUT2D eigenvalue weighted by atomic mass is 10.3. The predicted molar refractivity (Wildman–Crippen MR) is 30.9 cm³/mol. The maximum atomic E-state index is 2.21. The first-order chi connectivity index (χ1) is 3.29. The van der Waals surface area contributed by atoms with Crippen molar-refractivity contribution in [1.29, 1.82) is 0 Å². The summed E-state index contributed by atoms with van der Waals surface area (Å²) in [5.74, 6) is 0. The van der Waals surface area contributed by atoms with Crippen molar-refractivity contribution in [2.24, 2.45) is 0 Å². The maximum absolute atomic E-state index is 2.21. The molecule has 0 bridgehead atoms. The lowest BCUT2D eigenvalue weighted by molar-refractivity contribution is -0.477. The molecule has 0 saturated heterocycles. The van der Waals surface area contributed by atoms with Crippen LogP contribution in [0.2, 0.25) is 0 Å². The molecule has 0 atom stereocenters. The second-order valence-electron chi connectivity index (χ2n) is 2.02. The minimum atomic E-state index is 1.09. The first-order valence-electron chi connectivity index (χ1n) is 2.51. The minimum Gasteiger partial charge on any atom is -0.235 e. The van der Waals surface area contributed by atoms with Gasteiger partial charge < -0.3 is 0 Å². The molecule has 0 spiro atoms. The smallest absolute Gasteiger partial charge is 0.166 e. The van der Waals surface area contributed by atoms with Gasteiger partial charge in [-0.05, 0) is 13.0 Å². The Hall–Kier alpha value is -0.590. The van der Waals surface area contributed by atoms with Gasteiger partial charge in [0.05, 0.1) is 0 Å². The SMILES string of the molecule is CC1=CC[N+](C)=C1. The van der Waals surface area contributed by atoms with Crippen molar-refractivity contribution in [3.8, 4) is 0 Å². The normalized spacial score (nSPS) is 19.1. The van der Waals surface area contributed by atoms with Crippen LogP contribution in [0.1, 0.15) is 6.92 Å². The van der Waals surface area contributed by atoms with Crippen LogP contribution in [0.3, 0.4) is 0 Å². The molecular formula is C6H10N+. The van der Waals surface area contributed by atoms with Crippen molar-refractivity contribution in [2.75, 3.05) is 13.6 Å². The van der Waals surface area contributed by atoms with Crippen LogP contribution >= 0.6 is 0 Å². The van der Waals surface area contributed by atoms with Gasteiger partial charge in [-0.2, -0.15) is 0 Å². The van der Waals surface area contributed by atoms with E-state index in [2.05, 4.69) is 30.8 Å². The van der Waals surface area contributed by atoms with Gasteiger partial charge in [0.15, 0.2) is 12.8 Å². The van der Waals surface area contributed by atoms with Crippen LogP contribution < -0.4 is 0 Å². The van der Waals surface area contributed by atoms with Crippen LogP contribution in [0, 0.1) is 0 Å². The average Bonchev–Trinajstić information content (AvgIpc) is 1.87. The number of allylic oxidation sites excluding steroid dienone is 1. The van der Waals surface area contributed by atoms with E-state index < -0.39 is 0 Å². The van der Waals surface area contributed by atoms with E-state index in [1.54, 1.807) is 0 Å². The van der Waals surface area contributed by atoms with Crippen molar-refractivity contribution in [3.63, 3.8) is 0 Å². The highest BCUT2D eigenvalue weighted by Gasteiger charge is 2.00. The summed E-state index contributed by atoms with van der Waals surface area (Å²) in [6.07, 6.45) is 4.35. The molecular weight excluding hydrogens is 86.1 g/mol. The Labute approximate surface area is 44.0 Å². The molecule has 7 heavy (non-hydrogen) atoms. The highest BCUT2D eigenvalue weighted by atomic mass is 15.0. The third kappa shape index (κ3) is 0.889. The average molecular weight is 96.2 g/mol. The summed E-state index contributed by atoms with van der Waals surface area (Å²) >= 11 is 0. The summed E-state index contributed by atoms with van der Waals surface area (Å²) in [6, 6.07) is 0. The molecule has 0 amide bonds. The maximum Gasteiger partial charge on any atom is 0.166 e. The van der Waals surface area contributed by atoms with Crippen LogP contribution in [0.5, 0.6) is 0 Å². The Kier molecular flexibility index (Phi) is 0.970. The van der Waals surface area contributed by atoms with Gasteiger partial charge in [0.25, 0.3) is 0 Å². The van der Waals surface area contributed by atoms with E-state index in [1.165, 1.54) is 5.57 Å². The minimum absolute atomic E-state index is 1.09. The highest BCUT2D eigenvalue weighted by molar-refractivity contribution is 5.74. The van der Waals surface area contributed by atoms with Crippen molar-refractivity contribution in [1.82, 2.24) is 0 Å². The molecule has 0 unspecified atom stereocenters. The molecule has 0 aromatic rings. The van der Waals surface area contributed by atoms with Crippen molar-refractivity contribution in [3.05, 3.63) is 11.6 Å². The Bertz CT molecular complexity index is 131. The van der Waals surface area contributed by atoms with Crippen LogP contribution in [0.4, 0.5) is 0 Å². The summed E-state index contributed by atoms with van der Waals surface area (Å²) in [4.78, 5) is 0. The summed E-state index contributed by atoms with van der Waals surface area (Å²) < 4.78 is 2.16. The summed E-state index contributed by atoms with van der Waals surface area (Å²) in [5.41, 5.74) is 1.38. The van der Waals surface area contributed by atoms with E-state index in [-0.39, 0.29) is 0 Å². The molecule has 1 heteroatoms. The van der Waals surface area contributed by atoms with Crippen LogP contribution in [-0.2, 0) is 0 Å². The van der Waals surface area contributed by atoms with Gasteiger partial charge in [0.2, 0.25) is 0 Å². The summed E-state index contributed by atoms with van der Waals surface area (Å²) in [7, 11) is 2.08. The fourth-order valence-electron chi connectivity index (χ4n) is 0.741. The van der Waals surface area contributed by atoms with Gasteiger partial charge in [-0.3, -0.25) is 0 Å². The molecule has 0 fully saturated rings. The van der Waals surface area contributed by atoms with Crippen LogP contribution in [0.25, 0.3) is 0 Å². The standard InChI is InChI=1S/C6H10N/c1-6-3-4-7(2)5-6/h3,5H,4H2,1-2H3/q+1. The number of nitrogens with zero attached hydrogens (tertiary/aromatic N) is 1. The van der Waals surface area contributed by atoms with Gasteiger partial charge in [-0.1, -0.05) is 0 Å². The molecule has 1 aliphatic rings. The third-order valence-electron chi connectivity index (χ3n) is 1.13. The second-order valence-corrected chi connectivity index (χ2v) is 2.02. The zero-order chi connectivity index (χ0) is 5.28. The highest BCUT2D eigenvalue weighted by Crippen LogP contribution is 1.92. The van der Waals surface area contributed by atoms with Gasteiger partial charge in [0.1, 0.15) is 7.05 Å². The molecule has 0 saturated carbocycles. The summed E-state index contributed by atoms with van der Waals surface area (Å²) in [5, 5.41) is 0. The molecule has 1 nitrogen and oxygen atoms in total. The molecule has 1 rings (SSSR count). The monoisotopic (exact) mass is 96.1 g/mol. The van der Waals surface area contributed by atoms with Gasteiger partial charge in [0, 0.05) is 5.57 Å². The first kappa shape index (κ1) is 4.57. The molecule has 38 valence electrons. The molecule has 0 N–H and O–H groups in total. The van der Waals surface area contributed by atoms with Gasteiger partial charge in [-0.25, -0.2) is 4.58 Å². The van der Waals surface area contributed by atoms with Crippen LogP contribution in [0.15, 0.2) is 11.6 Å². The lowest BCUT2D eigenvalue weighted by Crippen LogP contribution is -1.99. The van der Waals surface area contributed by atoms with E-state index in [0.717, 1.165) is 6.54 Å². The van der Waals surface area contributed by atoms with Crippen molar-refractivity contribution >= 4 is 6.21 Å². The van der Waals surface area contributed by atoms with E-state index in [4.69, 9.17) is 0 Å². The van der Waals surface area contributed by atoms with E-state index >= 15 is 0 Å². The first-order valence-corrected chi connectivity index (χ1v) is 2.51. The Balaban J connectivity index is 2.69. The Morgan fingerprint density at radius 3 is 2.57 bits per heavy atom. The van der Waals surface area contributed by atoms with Gasteiger partial charge in [-0.15, -0.1) is 0 Å². The van der Waals surface area contributed by atoms with E-state index in [9.17, 15) is 0 Å². The largest absolute Gasteiger partial charge is 0.235 e. The van der Waals surface area contributed by atoms with Crippen LogP contribution in [-0.4, -0.2) is 24.4 Å². The zero-order valence-corrected chi connectivity index (χ0v) is 4.81. The molecule has 1 aliphatic heterocycles. The fraction of sp³-hybridized carbons (Fsp3) is 0.500. The number of hydrogen-bond donors (Lipinski definition) is 0. The fourth-order valence-corrected chi connectivity index (χ4v) is 0.741. The predicted octanol–water partition coefficient (Wildman–Crippen LogP) is 0.659. The Morgan fingerprint density at radius 2 is 2.43 bits per heavy atom. The van der Waals surface area contributed by atoms with Gasteiger partial charge >= 0.3 is 0 Å². The van der Waals surface area contributed by atoms with E-state index in [0.29, 0.717) is 0 Å². The topological polar surface area (TPSA) is 3.01 Å².